The number of nitrogens with one attached hydrogen (secondary N) is 1. The molecule has 1 N–H and O–H groups in total. The predicted octanol–water partition coefficient (Wildman–Crippen LogP) is 4.75. The fraction of sp³-hybridized carbons (Fsp3) is 0.250. The zero-order valence-corrected chi connectivity index (χ0v) is 12.7. The summed E-state index contributed by atoms with van der Waals surface area (Å²) >= 11 is 3.43. The van der Waals surface area contributed by atoms with E-state index in [2.05, 4.69) is 40.3 Å². The predicted molar refractivity (Wildman–Crippen MR) is 80.5 cm³/mol. The highest BCUT2D eigenvalue weighted by Crippen LogP contribution is 2.17. The first-order valence-corrected chi connectivity index (χ1v) is 7.09. The maximum atomic E-state index is 13.0. The lowest BCUT2D eigenvalue weighted by Crippen LogP contribution is -2.18. The molecular formula is C16H17BrFN. The van der Waals surface area contributed by atoms with Crippen molar-refractivity contribution in [3.8, 4) is 0 Å². The summed E-state index contributed by atoms with van der Waals surface area (Å²) in [7, 11) is 0. The molecule has 0 saturated carbocycles. The summed E-state index contributed by atoms with van der Waals surface area (Å²) in [6.07, 6.45) is 0. The van der Waals surface area contributed by atoms with Gasteiger partial charge < -0.3 is 5.32 Å². The molecule has 0 saturated heterocycles. The van der Waals surface area contributed by atoms with E-state index in [9.17, 15) is 4.39 Å². The van der Waals surface area contributed by atoms with Gasteiger partial charge in [-0.3, -0.25) is 0 Å². The molecule has 19 heavy (non-hydrogen) atoms. The minimum Gasteiger partial charge on any atom is -0.306 e. The largest absolute Gasteiger partial charge is 0.306 e. The molecule has 0 spiro atoms. The minimum absolute atomic E-state index is 0.179. The van der Waals surface area contributed by atoms with Crippen LogP contribution in [0.2, 0.25) is 0 Å². The maximum absolute atomic E-state index is 13.0. The molecule has 0 aliphatic carbocycles. The van der Waals surface area contributed by atoms with Crippen LogP contribution in [0.4, 0.5) is 4.39 Å². The SMILES string of the molecule is Cc1cc(F)ccc1CN[C@@H](C)c1ccc(Br)cc1. The third-order valence-electron chi connectivity index (χ3n) is 3.27. The Morgan fingerprint density at radius 3 is 2.47 bits per heavy atom. The minimum atomic E-state index is -0.179. The highest BCUT2D eigenvalue weighted by molar-refractivity contribution is 9.10. The number of hydrogen-bond acceptors (Lipinski definition) is 1. The monoisotopic (exact) mass is 321 g/mol. The van der Waals surface area contributed by atoms with Gasteiger partial charge in [0.25, 0.3) is 0 Å². The molecule has 0 aromatic heterocycles. The molecule has 1 nitrogen and oxygen atoms in total. The lowest BCUT2D eigenvalue weighted by atomic mass is 10.1. The van der Waals surface area contributed by atoms with Crippen molar-refractivity contribution in [1.82, 2.24) is 5.32 Å². The molecule has 100 valence electrons. The molecule has 2 rings (SSSR count). The van der Waals surface area contributed by atoms with Gasteiger partial charge in [-0.1, -0.05) is 34.1 Å². The third-order valence-corrected chi connectivity index (χ3v) is 3.80. The summed E-state index contributed by atoms with van der Waals surface area (Å²) in [6.45, 7) is 4.80. The van der Waals surface area contributed by atoms with Crippen molar-refractivity contribution in [3.63, 3.8) is 0 Å². The van der Waals surface area contributed by atoms with Crippen LogP contribution in [0.25, 0.3) is 0 Å². The lowest BCUT2D eigenvalue weighted by Gasteiger charge is -2.15. The van der Waals surface area contributed by atoms with E-state index in [1.807, 2.05) is 25.1 Å². The van der Waals surface area contributed by atoms with Crippen LogP contribution in [-0.2, 0) is 6.54 Å². The van der Waals surface area contributed by atoms with E-state index in [1.165, 1.54) is 11.6 Å². The van der Waals surface area contributed by atoms with E-state index in [1.54, 1.807) is 6.07 Å². The third kappa shape index (κ3) is 3.88. The fourth-order valence-corrected chi connectivity index (χ4v) is 2.25. The Labute approximate surface area is 122 Å². The summed E-state index contributed by atoms with van der Waals surface area (Å²) in [5, 5.41) is 3.46. The molecule has 0 bridgehead atoms. The topological polar surface area (TPSA) is 12.0 Å². The number of rotatable bonds is 4. The van der Waals surface area contributed by atoms with Crippen molar-refractivity contribution >= 4 is 15.9 Å². The van der Waals surface area contributed by atoms with Gasteiger partial charge in [0.05, 0.1) is 0 Å². The molecule has 0 aliphatic heterocycles. The standard InChI is InChI=1S/C16H17BrFN/c1-11-9-16(18)8-5-14(11)10-19-12(2)13-3-6-15(17)7-4-13/h3-9,12,19H,10H2,1-2H3/t12-/m0/s1. The molecule has 1 atom stereocenters. The van der Waals surface area contributed by atoms with Gasteiger partial charge >= 0.3 is 0 Å². The second-order valence-corrected chi connectivity index (χ2v) is 5.64. The van der Waals surface area contributed by atoms with Crippen LogP contribution < -0.4 is 5.32 Å². The Bertz CT molecular complexity index is 551. The Hall–Kier alpha value is -1.19. The van der Waals surface area contributed by atoms with Gasteiger partial charge in [0, 0.05) is 17.1 Å². The van der Waals surface area contributed by atoms with Crippen LogP contribution in [0, 0.1) is 12.7 Å². The van der Waals surface area contributed by atoms with Crippen molar-refractivity contribution in [1.29, 1.82) is 0 Å². The van der Waals surface area contributed by atoms with Crippen LogP contribution >= 0.6 is 15.9 Å². The van der Waals surface area contributed by atoms with Gasteiger partial charge in [-0.25, -0.2) is 4.39 Å². The summed E-state index contributed by atoms with van der Waals surface area (Å²) in [6, 6.07) is 13.4. The molecule has 0 amide bonds. The molecule has 2 aromatic carbocycles. The smallest absolute Gasteiger partial charge is 0.123 e. The van der Waals surface area contributed by atoms with Gasteiger partial charge in [-0.2, -0.15) is 0 Å². The number of halogens is 2. The molecule has 0 unspecified atom stereocenters. The van der Waals surface area contributed by atoms with Crippen molar-refractivity contribution in [2.24, 2.45) is 0 Å². The van der Waals surface area contributed by atoms with Gasteiger partial charge in [0.2, 0.25) is 0 Å². The molecule has 0 aliphatic rings. The van der Waals surface area contributed by atoms with E-state index in [-0.39, 0.29) is 11.9 Å². The normalized spacial score (nSPS) is 12.4. The van der Waals surface area contributed by atoms with E-state index < -0.39 is 0 Å². The molecule has 0 heterocycles. The summed E-state index contributed by atoms with van der Waals surface area (Å²) < 4.78 is 14.1. The van der Waals surface area contributed by atoms with Gasteiger partial charge in [-0.05, 0) is 54.8 Å². The maximum Gasteiger partial charge on any atom is 0.123 e. The Morgan fingerprint density at radius 2 is 1.84 bits per heavy atom. The van der Waals surface area contributed by atoms with Crippen molar-refractivity contribution in [2.45, 2.75) is 26.4 Å². The van der Waals surface area contributed by atoms with Gasteiger partial charge in [0.1, 0.15) is 5.82 Å². The highest BCUT2D eigenvalue weighted by atomic mass is 79.9. The fourth-order valence-electron chi connectivity index (χ4n) is 1.99. The van der Waals surface area contributed by atoms with Gasteiger partial charge in [0.15, 0.2) is 0 Å². The number of benzene rings is 2. The van der Waals surface area contributed by atoms with Crippen molar-refractivity contribution in [2.75, 3.05) is 0 Å². The molecule has 2 aromatic rings. The van der Waals surface area contributed by atoms with E-state index in [4.69, 9.17) is 0 Å². The van der Waals surface area contributed by atoms with E-state index in [0.29, 0.717) is 0 Å². The average molecular weight is 322 g/mol. The van der Waals surface area contributed by atoms with Gasteiger partial charge in [-0.15, -0.1) is 0 Å². The van der Waals surface area contributed by atoms with Crippen LogP contribution in [0.3, 0.4) is 0 Å². The average Bonchev–Trinajstić information content (AvgIpc) is 2.38. The van der Waals surface area contributed by atoms with Crippen molar-refractivity contribution < 1.29 is 4.39 Å². The van der Waals surface area contributed by atoms with Crippen LogP contribution in [0.1, 0.15) is 29.7 Å². The first kappa shape index (κ1) is 14.2. The zero-order chi connectivity index (χ0) is 13.8. The summed E-state index contributed by atoms with van der Waals surface area (Å²) in [5.41, 5.74) is 3.35. The molecule has 0 radical (unpaired) electrons. The summed E-state index contributed by atoms with van der Waals surface area (Å²) in [5.74, 6) is -0.179. The number of aryl methyl sites for hydroxylation is 1. The highest BCUT2D eigenvalue weighted by Gasteiger charge is 2.06. The van der Waals surface area contributed by atoms with Crippen LogP contribution in [-0.4, -0.2) is 0 Å². The first-order chi connectivity index (χ1) is 9.06. The quantitative estimate of drug-likeness (QED) is 0.857. The Kier molecular flexibility index (Phi) is 4.72. The zero-order valence-electron chi connectivity index (χ0n) is 11.1. The molecular weight excluding hydrogens is 305 g/mol. The van der Waals surface area contributed by atoms with Crippen molar-refractivity contribution in [3.05, 3.63) is 69.4 Å². The molecule has 3 heteroatoms. The first-order valence-electron chi connectivity index (χ1n) is 6.30. The summed E-state index contributed by atoms with van der Waals surface area (Å²) in [4.78, 5) is 0. The lowest BCUT2D eigenvalue weighted by molar-refractivity contribution is 0.571. The Morgan fingerprint density at radius 1 is 1.16 bits per heavy atom. The van der Waals surface area contributed by atoms with E-state index >= 15 is 0 Å². The molecule has 0 fully saturated rings. The van der Waals surface area contributed by atoms with Crippen LogP contribution in [0.15, 0.2) is 46.9 Å². The number of hydrogen-bond donors (Lipinski definition) is 1. The van der Waals surface area contributed by atoms with E-state index in [0.717, 1.165) is 22.1 Å². The Balaban J connectivity index is 2.00. The van der Waals surface area contributed by atoms with Crippen LogP contribution in [0.5, 0.6) is 0 Å². The second-order valence-electron chi connectivity index (χ2n) is 4.72. The second kappa shape index (κ2) is 6.31.